The van der Waals surface area contributed by atoms with Crippen molar-refractivity contribution in [2.24, 2.45) is 5.92 Å². The third kappa shape index (κ3) is 3.68. The normalized spacial score (nSPS) is 15.9. The molecular formula is C23H20ClN3OS. The third-order valence-electron chi connectivity index (χ3n) is 5.26. The number of anilines is 2. The quantitative estimate of drug-likeness (QED) is 0.385. The van der Waals surface area contributed by atoms with Gasteiger partial charge >= 0.3 is 0 Å². The molecule has 0 radical (unpaired) electrons. The minimum atomic E-state index is 0.638. The maximum absolute atomic E-state index is 6.29. The van der Waals surface area contributed by atoms with Crippen LogP contribution in [-0.2, 0) is 12.8 Å². The summed E-state index contributed by atoms with van der Waals surface area (Å²) >= 11 is 8.08. The molecule has 4 aromatic rings. The van der Waals surface area contributed by atoms with Crippen molar-refractivity contribution in [3.05, 3.63) is 70.3 Å². The molecule has 0 aliphatic heterocycles. The zero-order valence-electron chi connectivity index (χ0n) is 16.0. The van der Waals surface area contributed by atoms with Gasteiger partial charge in [-0.3, -0.25) is 0 Å². The topological polar surface area (TPSA) is 47.0 Å². The van der Waals surface area contributed by atoms with E-state index >= 15 is 0 Å². The fourth-order valence-electron chi connectivity index (χ4n) is 3.80. The van der Waals surface area contributed by atoms with Crippen LogP contribution in [0.3, 0.4) is 0 Å². The molecule has 1 atom stereocenters. The van der Waals surface area contributed by atoms with E-state index in [0.29, 0.717) is 10.8 Å². The first-order valence-electron chi connectivity index (χ1n) is 9.72. The lowest BCUT2D eigenvalue weighted by Crippen LogP contribution is -2.09. The van der Waals surface area contributed by atoms with Gasteiger partial charge in [0.2, 0.25) is 0 Å². The SMILES string of the molecule is CC1CCc2c(sc3ncnc(Nc4cc(Cl)ccc4Oc4ccccc4)c23)C1. The minimum Gasteiger partial charge on any atom is -0.455 e. The number of nitrogens with zero attached hydrogens (tertiary/aromatic N) is 2. The van der Waals surface area contributed by atoms with Crippen LogP contribution in [0.4, 0.5) is 11.5 Å². The first kappa shape index (κ1) is 18.4. The zero-order chi connectivity index (χ0) is 19.8. The van der Waals surface area contributed by atoms with Crippen LogP contribution < -0.4 is 10.1 Å². The Balaban J connectivity index is 1.55. The van der Waals surface area contributed by atoms with Crippen LogP contribution in [0.2, 0.25) is 5.02 Å². The van der Waals surface area contributed by atoms with E-state index < -0.39 is 0 Å². The number of nitrogens with one attached hydrogen (secondary N) is 1. The highest BCUT2D eigenvalue weighted by Gasteiger charge is 2.23. The van der Waals surface area contributed by atoms with E-state index in [0.717, 1.165) is 46.2 Å². The summed E-state index contributed by atoms with van der Waals surface area (Å²) in [7, 11) is 0. The average molecular weight is 422 g/mol. The second kappa shape index (κ2) is 7.65. The van der Waals surface area contributed by atoms with Crippen molar-refractivity contribution >= 4 is 44.7 Å². The van der Waals surface area contributed by atoms with Crippen LogP contribution in [0, 0.1) is 5.92 Å². The maximum atomic E-state index is 6.29. The Hall–Kier alpha value is -2.63. The number of aryl methyl sites for hydroxylation is 1. The Morgan fingerprint density at radius 2 is 2.00 bits per heavy atom. The highest BCUT2D eigenvalue weighted by Crippen LogP contribution is 2.41. The van der Waals surface area contributed by atoms with Gasteiger partial charge in [0.05, 0.1) is 11.1 Å². The summed E-state index contributed by atoms with van der Waals surface area (Å²) in [6.07, 6.45) is 5.02. The molecule has 0 saturated carbocycles. The monoisotopic (exact) mass is 421 g/mol. The minimum absolute atomic E-state index is 0.638. The molecule has 146 valence electrons. The lowest BCUT2D eigenvalue weighted by molar-refractivity contribution is 0.485. The second-order valence-corrected chi connectivity index (χ2v) is 8.95. The predicted molar refractivity (Wildman–Crippen MR) is 120 cm³/mol. The van der Waals surface area contributed by atoms with Gasteiger partial charge in [-0.2, -0.15) is 0 Å². The van der Waals surface area contributed by atoms with Crippen LogP contribution in [0.15, 0.2) is 54.9 Å². The van der Waals surface area contributed by atoms with E-state index in [-0.39, 0.29) is 0 Å². The van der Waals surface area contributed by atoms with E-state index in [4.69, 9.17) is 16.3 Å². The Labute approximate surface area is 178 Å². The number of ether oxygens (including phenoxy) is 1. The second-order valence-electron chi connectivity index (χ2n) is 7.43. The van der Waals surface area contributed by atoms with Crippen molar-refractivity contribution in [2.75, 3.05) is 5.32 Å². The van der Waals surface area contributed by atoms with E-state index in [1.807, 2.05) is 48.5 Å². The van der Waals surface area contributed by atoms with Gasteiger partial charge in [-0.1, -0.05) is 36.7 Å². The molecule has 2 aromatic carbocycles. The van der Waals surface area contributed by atoms with Gasteiger partial charge in [0.1, 0.15) is 22.7 Å². The molecule has 1 aliphatic rings. The number of para-hydroxylation sites is 1. The molecular weight excluding hydrogens is 402 g/mol. The predicted octanol–water partition coefficient (Wildman–Crippen LogP) is 7.01. The van der Waals surface area contributed by atoms with Crippen molar-refractivity contribution in [1.82, 2.24) is 9.97 Å². The van der Waals surface area contributed by atoms with Gasteiger partial charge in [-0.15, -0.1) is 11.3 Å². The molecule has 0 spiro atoms. The van der Waals surface area contributed by atoms with E-state index in [1.165, 1.54) is 16.9 Å². The molecule has 2 heterocycles. The van der Waals surface area contributed by atoms with Gasteiger partial charge < -0.3 is 10.1 Å². The smallest absolute Gasteiger partial charge is 0.151 e. The molecule has 0 saturated heterocycles. The van der Waals surface area contributed by atoms with Crippen LogP contribution in [0.5, 0.6) is 11.5 Å². The molecule has 0 fully saturated rings. The van der Waals surface area contributed by atoms with Gasteiger partial charge in [0.15, 0.2) is 5.75 Å². The lowest BCUT2D eigenvalue weighted by Gasteiger charge is -2.18. The summed E-state index contributed by atoms with van der Waals surface area (Å²) in [6, 6.07) is 15.3. The molecule has 5 rings (SSSR count). The highest BCUT2D eigenvalue weighted by molar-refractivity contribution is 7.19. The summed E-state index contributed by atoms with van der Waals surface area (Å²) in [6.45, 7) is 2.32. The summed E-state index contributed by atoms with van der Waals surface area (Å²) < 4.78 is 6.10. The molecule has 2 aromatic heterocycles. The Kier molecular flexibility index (Phi) is 4.86. The van der Waals surface area contributed by atoms with Gasteiger partial charge in [0.25, 0.3) is 0 Å². The Bertz CT molecular complexity index is 1180. The number of benzene rings is 2. The van der Waals surface area contributed by atoms with Crippen molar-refractivity contribution in [2.45, 2.75) is 26.2 Å². The fraction of sp³-hybridized carbons (Fsp3) is 0.217. The largest absolute Gasteiger partial charge is 0.455 e. The molecule has 6 heteroatoms. The molecule has 1 N–H and O–H groups in total. The molecule has 1 unspecified atom stereocenters. The molecule has 4 nitrogen and oxygen atoms in total. The van der Waals surface area contributed by atoms with E-state index in [2.05, 4.69) is 22.2 Å². The van der Waals surface area contributed by atoms with Crippen LogP contribution >= 0.6 is 22.9 Å². The number of aromatic nitrogens is 2. The fourth-order valence-corrected chi connectivity index (χ4v) is 5.32. The van der Waals surface area contributed by atoms with Gasteiger partial charge in [0, 0.05) is 9.90 Å². The first-order valence-corrected chi connectivity index (χ1v) is 10.9. The third-order valence-corrected chi connectivity index (χ3v) is 6.65. The highest BCUT2D eigenvalue weighted by atomic mass is 35.5. The van der Waals surface area contributed by atoms with Gasteiger partial charge in [-0.05, 0) is 61.1 Å². The zero-order valence-corrected chi connectivity index (χ0v) is 17.6. The molecule has 29 heavy (non-hydrogen) atoms. The van der Waals surface area contributed by atoms with Crippen LogP contribution in [0.25, 0.3) is 10.2 Å². The van der Waals surface area contributed by atoms with Crippen LogP contribution in [0.1, 0.15) is 23.8 Å². The summed E-state index contributed by atoms with van der Waals surface area (Å²) in [5, 5.41) is 5.24. The Morgan fingerprint density at radius 1 is 1.14 bits per heavy atom. The number of thiophene rings is 1. The van der Waals surface area contributed by atoms with Crippen molar-refractivity contribution in [1.29, 1.82) is 0 Å². The summed E-state index contributed by atoms with van der Waals surface area (Å²) in [5.74, 6) is 3.00. The average Bonchev–Trinajstić information content (AvgIpc) is 3.09. The number of halogens is 1. The van der Waals surface area contributed by atoms with Crippen LogP contribution in [-0.4, -0.2) is 9.97 Å². The number of hydrogen-bond donors (Lipinski definition) is 1. The Morgan fingerprint density at radius 3 is 2.86 bits per heavy atom. The van der Waals surface area contributed by atoms with E-state index in [9.17, 15) is 0 Å². The van der Waals surface area contributed by atoms with Crippen molar-refractivity contribution in [3.63, 3.8) is 0 Å². The number of fused-ring (bicyclic) bond motifs is 3. The molecule has 1 aliphatic carbocycles. The molecule has 0 amide bonds. The van der Waals surface area contributed by atoms with Gasteiger partial charge in [-0.25, -0.2) is 9.97 Å². The lowest BCUT2D eigenvalue weighted by atomic mass is 9.89. The molecule has 0 bridgehead atoms. The summed E-state index contributed by atoms with van der Waals surface area (Å²) in [4.78, 5) is 11.6. The maximum Gasteiger partial charge on any atom is 0.151 e. The van der Waals surface area contributed by atoms with E-state index in [1.54, 1.807) is 17.7 Å². The van der Waals surface area contributed by atoms with Crippen molar-refractivity contribution < 1.29 is 4.74 Å². The summed E-state index contributed by atoms with van der Waals surface area (Å²) in [5.41, 5.74) is 2.17. The first-order chi connectivity index (χ1) is 14.2. The number of rotatable bonds is 4. The van der Waals surface area contributed by atoms with Crippen molar-refractivity contribution in [3.8, 4) is 11.5 Å². The number of hydrogen-bond acceptors (Lipinski definition) is 5. The standard InChI is InChI=1S/C23H20ClN3OS/c1-14-7-9-17-20(11-14)29-23-21(17)22(25-13-26-23)27-18-12-15(24)8-10-19(18)28-16-5-3-2-4-6-16/h2-6,8,10,12-14H,7,9,11H2,1H3,(H,25,26,27).